The Morgan fingerprint density at radius 2 is 2.50 bits per heavy atom. The molecule has 1 aromatic rings. The molecule has 1 saturated heterocycles. The van der Waals surface area contributed by atoms with Crippen LogP contribution in [0.5, 0.6) is 0 Å². The van der Waals surface area contributed by atoms with Crippen molar-refractivity contribution in [2.75, 3.05) is 11.4 Å². The molecule has 4 heteroatoms. The van der Waals surface area contributed by atoms with Gasteiger partial charge in [0.05, 0.1) is 10.6 Å². The van der Waals surface area contributed by atoms with Crippen molar-refractivity contribution in [3.05, 3.63) is 22.8 Å². The lowest BCUT2D eigenvalue weighted by Crippen LogP contribution is -2.32. The topological polar surface area (TPSA) is 36.4 Å². The summed E-state index contributed by atoms with van der Waals surface area (Å²) < 4.78 is 1.03. The van der Waals surface area contributed by atoms with Gasteiger partial charge in [-0.25, -0.2) is 4.98 Å². The van der Waals surface area contributed by atoms with Crippen molar-refractivity contribution in [3.8, 4) is 0 Å². The fraction of sp³-hybridized carbons (Fsp3) is 0.583. The highest BCUT2D eigenvalue weighted by Gasteiger charge is 2.27. The van der Waals surface area contributed by atoms with Gasteiger partial charge in [-0.3, -0.25) is 0 Å². The molecule has 1 aliphatic rings. The highest BCUT2D eigenvalue weighted by Crippen LogP contribution is 2.31. The third-order valence-electron chi connectivity index (χ3n) is 3.00. The van der Waals surface area contributed by atoms with Gasteiger partial charge >= 0.3 is 0 Å². The van der Waals surface area contributed by atoms with Gasteiger partial charge in [0.15, 0.2) is 0 Å². The van der Waals surface area contributed by atoms with E-state index in [1.807, 2.05) is 25.3 Å². The summed E-state index contributed by atoms with van der Waals surface area (Å²) in [4.78, 5) is 6.72. The van der Waals surface area contributed by atoms with Gasteiger partial charge < -0.3 is 10.0 Å². The molecule has 0 unspecified atom stereocenters. The second kappa shape index (κ2) is 5.15. The van der Waals surface area contributed by atoms with Crippen molar-refractivity contribution < 1.29 is 5.11 Å². The Balaban J connectivity index is 2.17. The molecule has 16 heavy (non-hydrogen) atoms. The Morgan fingerprint density at radius 3 is 3.19 bits per heavy atom. The number of hydrogen-bond acceptors (Lipinski definition) is 3. The van der Waals surface area contributed by atoms with Gasteiger partial charge in [0, 0.05) is 18.8 Å². The van der Waals surface area contributed by atoms with Crippen molar-refractivity contribution >= 4 is 21.7 Å². The minimum Gasteiger partial charge on any atom is -0.393 e. The van der Waals surface area contributed by atoms with Crippen molar-refractivity contribution in [1.82, 2.24) is 4.98 Å². The van der Waals surface area contributed by atoms with Crippen LogP contribution in [0.2, 0.25) is 0 Å². The molecule has 0 spiro atoms. The van der Waals surface area contributed by atoms with Crippen molar-refractivity contribution in [3.63, 3.8) is 0 Å². The monoisotopic (exact) mass is 284 g/mol. The van der Waals surface area contributed by atoms with Crippen LogP contribution in [0.25, 0.3) is 0 Å². The zero-order chi connectivity index (χ0) is 11.5. The van der Waals surface area contributed by atoms with Crippen LogP contribution in [0.15, 0.2) is 22.8 Å². The molecule has 0 amide bonds. The molecule has 0 radical (unpaired) electrons. The molecule has 0 saturated carbocycles. The van der Waals surface area contributed by atoms with E-state index in [4.69, 9.17) is 0 Å². The normalized spacial score (nSPS) is 22.4. The van der Waals surface area contributed by atoms with E-state index in [0.717, 1.165) is 29.7 Å². The molecule has 0 bridgehead atoms. The van der Waals surface area contributed by atoms with E-state index in [1.165, 1.54) is 6.42 Å². The largest absolute Gasteiger partial charge is 0.393 e. The number of aromatic nitrogens is 1. The first-order chi connectivity index (χ1) is 7.68. The molecule has 0 aromatic carbocycles. The third kappa shape index (κ3) is 2.55. The molecular formula is C12H17BrN2O. The molecule has 1 N–H and O–H groups in total. The first-order valence-corrected chi connectivity index (χ1v) is 6.53. The molecule has 3 nitrogen and oxygen atoms in total. The molecule has 2 rings (SSSR count). The first-order valence-electron chi connectivity index (χ1n) is 5.73. The van der Waals surface area contributed by atoms with E-state index in [-0.39, 0.29) is 6.10 Å². The van der Waals surface area contributed by atoms with Gasteiger partial charge in [-0.1, -0.05) is 0 Å². The predicted molar refractivity (Wildman–Crippen MR) is 68.6 cm³/mol. The summed E-state index contributed by atoms with van der Waals surface area (Å²) in [6.07, 6.45) is 4.72. The first kappa shape index (κ1) is 11.9. The van der Waals surface area contributed by atoms with E-state index in [0.29, 0.717) is 6.04 Å². The summed E-state index contributed by atoms with van der Waals surface area (Å²) in [5.41, 5.74) is 0. The minimum absolute atomic E-state index is 0.243. The van der Waals surface area contributed by atoms with Crippen LogP contribution in [-0.4, -0.2) is 28.8 Å². The average Bonchev–Trinajstić information content (AvgIpc) is 2.66. The summed E-state index contributed by atoms with van der Waals surface area (Å²) >= 11 is 3.53. The van der Waals surface area contributed by atoms with E-state index in [1.54, 1.807) is 0 Å². The maximum absolute atomic E-state index is 9.49. The third-order valence-corrected chi connectivity index (χ3v) is 3.62. The molecular weight excluding hydrogens is 268 g/mol. The van der Waals surface area contributed by atoms with Crippen LogP contribution in [-0.2, 0) is 0 Å². The number of nitrogens with zero attached hydrogens (tertiary/aromatic N) is 2. The lowest BCUT2D eigenvalue weighted by molar-refractivity contribution is 0.175. The number of aliphatic hydroxyl groups excluding tert-OH is 1. The highest BCUT2D eigenvalue weighted by atomic mass is 79.9. The number of pyridine rings is 1. The van der Waals surface area contributed by atoms with Crippen LogP contribution >= 0.6 is 15.9 Å². The van der Waals surface area contributed by atoms with Gasteiger partial charge in [0.25, 0.3) is 0 Å². The van der Waals surface area contributed by atoms with Gasteiger partial charge in [-0.15, -0.1) is 0 Å². The Bertz CT molecular complexity index is 357. The lowest BCUT2D eigenvalue weighted by Gasteiger charge is -2.27. The van der Waals surface area contributed by atoms with Crippen molar-refractivity contribution in [2.24, 2.45) is 0 Å². The minimum atomic E-state index is -0.243. The highest BCUT2D eigenvalue weighted by molar-refractivity contribution is 9.10. The fourth-order valence-electron chi connectivity index (χ4n) is 2.34. The molecule has 2 heterocycles. The second-order valence-corrected chi connectivity index (χ2v) is 5.24. The SMILES string of the molecule is C[C@H](O)C[C@H]1CCCN1c1ncccc1Br. The number of anilines is 1. The summed E-state index contributed by atoms with van der Waals surface area (Å²) in [5.74, 6) is 1.01. The number of hydrogen-bond donors (Lipinski definition) is 1. The number of halogens is 1. The average molecular weight is 285 g/mol. The maximum Gasteiger partial charge on any atom is 0.143 e. The zero-order valence-electron chi connectivity index (χ0n) is 9.43. The quantitative estimate of drug-likeness (QED) is 0.927. The summed E-state index contributed by atoms with van der Waals surface area (Å²) in [6.45, 7) is 2.89. The van der Waals surface area contributed by atoms with Crippen LogP contribution in [0.3, 0.4) is 0 Å². The van der Waals surface area contributed by atoms with E-state index in [9.17, 15) is 5.11 Å². The molecule has 0 aliphatic carbocycles. The van der Waals surface area contributed by atoms with E-state index in [2.05, 4.69) is 25.8 Å². The summed E-state index contributed by atoms with van der Waals surface area (Å²) in [5, 5.41) is 9.49. The van der Waals surface area contributed by atoms with Gasteiger partial charge in [-0.2, -0.15) is 0 Å². The molecule has 1 fully saturated rings. The number of aliphatic hydroxyl groups is 1. The van der Waals surface area contributed by atoms with E-state index >= 15 is 0 Å². The summed E-state index contributed by atoms with van der Waals surface area (Å²) in [6, 6.07) is 4.36. The number of rotatable bonds is 3. The molecule has 2 atom stereocenters. The summed E-state index contributed by atoms with van der Waals surface area (Å²) in [7, 11) is 0. The lowest BCUT2D eigenvalue weighted by atomic mass is 10.1. The van der Waals surface area contributed by atoms with Crippen molar-refractivity contribution in [2.45, 2.75) is 38.3 Å². The molecule has 1 aromatic heterocycles. The van der Waals surface area contributed by atoms with Crippen LogP contribution in [0.1, 0.15) is 26.2 Å². The standard InChI is InChI=1S/C12H17BrN2O/c1-9(16)8-10-4-3-7-15(10)12-11(13)5-2-6-14-12/h2,5-6,9-10,16H,3-4,7-8H2,1H3/t9-,10+/m0/s1. The van der Waals surface area contributed by atoms with Gasteiger partial charge in [-0.05, 0) is 54.2 Å². The van der Waals surface area contributed by atoms with Gasteiger partial charge in [0.2, 0.25) is 0 Å². The second-order valence-electron chi connectivity index (χ2n) is 4.38. The Kier molecular flexibility index (Phi) is 3.82. The molecule has 1 aliphatic heterocycles. The van der Waals surface area contributed by atoms with Crippen LogP contribution in [0.4, 0.5) is 5.82 Å². The maximum atomic E-state index is 9.49. The van der Waals surface area contributed by atoms with Crippen LogP contribution < -0.4 is 4.90 Å². The van der Waals surface area contributed by atoms with Crippen molar-refractivity contribution in [1.29, 1.82) is 0 Å². The fourth-order valence-corrected chi connectivity index (χ4v) is 2.82. The Labute approximate surface area is 105 Å². The van der Waals surface area contributed by atoms with E-state index < -0.39 is 0 Å². The van der Waals surface area contributed by atoms with Crippen LogP contribution in [0, 0.1) is 0 Å². The Hall–Kier alpha value is -0.610. The predicted octanol–water partition coefficient (Wildman–Crippen LogP) is 2.58. The zero-order valence-corrected chi connectivity index (χ0v) is 11.0. The smallest absolute Gasteiger partial charge is 0.143 e. The molecule has 88 valence electrons. The van der Waals surface area contributed by atoms with Gasteiger partial charge in [0.1, 0.15) is 5.82 Å². The Morgan fingerprint density at radius 1 is 1.69 bits per heavy atom.